The maximum Gasteiger partial charge on any atom is 0.333 e. The van der Waals surface area contributed by atoms with Crippen LogP contribution in [0, 0.1) is 0 Å². The van der Waals surface area contributed by atoms with E-state index in [1.54, 1.807) is 13.8 Å². The second kappa shape index (κ2) is 15.0. The van der Waals surface area contributed by atoms with Crippen LogP contribution < -0.4 is 0 Å². The summed E-state index contributed by atoms with van der Waals surface area (Å²) >= 11 is 0. The van der Waals surface area contributed by atoms with Crippen molar-refractivity contribution in [3.05, 3.63) is 36.6 Å². The predicted octanol–water partition coefficient (Wildman–Crippen LogP) is 4.46. The van der Waals surface area contributed by atoms with Crippen molar-refractivity contribution in [2.75, 3.05) is 20.0 Å². The molecule has 0 aliphatic rings. The van der Waals surface area contributed by atoms with Crippen LogP contribution in [0.3, 0.4) is 0 Å². The highest BCUT2D eigenvalue weighted by Gasteiger charge is 2.16. The van der Waals surface area contributed by atoms with Crippen LogP contribution in [0.2, 0.25) is 0 Å². The Morgan fingerprint density at radius 2 is 1.63 bits per heavy atom. The average molecular weight is 382 g/mol. The number of carbonyl (C=O) groups is 2. The van der Waals surface area contributed by atoms with Gasteiger partial charge in [-0.2, -0.15) is 0 Å². The van der Waals surface area contributed by atoms with Gasteiger partial charge in [0.25, 0.3) is 0 Å². The normalized spacial score (nSPS) is 11.4. The number of unbranched alkanes of at least 4 members (excludes halogenated alkanes) is 2. The lowest BCUT2D eigenvalue weighted by molar-refractivity contribution is -0.157. The molecule has 0 aromatic heterocycles. The second-order valence-corrected chi connectivity index (χ2v) is 6.67. The number of esters is 2. The fourth-order valence-corrected chi connectivity index (χ4v) is 2.07. The lowest BCUT2D eigenvalue weighted by Gasteiger charge is -2.18. The summed E-state index contributed by atoms with van der Waals surface area (Å²) in [5.74, 6) is -0.388. The van der Waals surface area contributed by atoms with Crippen molar-refractivity contribution < 1.29 is 28.5 Å². The number of allylic oxidation sites excluding steroid dienone is 2. The van der Waals surface area contributed by atoms with Crippen molar-refractivity contribution in [1.82, 2.24) is 0 Å². The van der Waals surface area contributed by atoms with Crippen molar-refractivity contribution in [2.24, 2.45) is 0 Å². The quantitative estimate of drug-likeness (QED) is 0.0980. The third kappa shape index (κ3) is 15.9. The molecule has 6 nitrogen and oxygen atoms in total. The number of hydrogen-bond acceptors (Lipinski definition) is 6. The molecule has 0 amide bonds. The Balaban J connectivity index is 4.25. The zero-order valence-corrected chi connectivity index (χ0v) is 17.0. The lowest BCUT2D eigenvalue weighted by Crippen LogP contribution is -2.25. The Hall–Kier alpha value is -2.08. The maximum absolute atomic E-state index is 12.0. The molecule has 0 N–H and O–H groups in total. The third-order valence-corrected chi connectivity index (χ3v) is 3.51. The van der Waals surface area contributed by atoms with E-state index in [0.29, 0.717) is 17.8 Å². The summed E-state index contributed by atoms with van der Waals surface area (Å²) in [5, 5.41) is 0. The van der Waals surface area contributed by atoms with Crippen LogP contribution in [-0.4, -0.2) is 38.0 Å². The van der Waals surface area contributed by atoms with Crippen LogP contribution in [0.15, 0.2) is 36.6 Å². The van der Waals surface area contributed by atoms with Crippen LogP contribution in [0.4, 0.5) is 0 Å². The summed E-state index contributed by atoms with van der Waals surface area (Å²) in [6.45, 7) is 16.6. The zero-order chi connectivity index (χ0) is 20.7. The number of rotatable bonds is 16. The van der Waals surface area contributed by atoms with Gasteiger partial charge in [-0.25, -0.2) is 4.79 Å². The van der Waals surface area contributed by atoms with E-state index < -0.39 is 11.9 Å². The van der Waals surface area contributed by atoms with Gasteiger partial charge in [0.15, 0.2) is 6.79 Å². The van der Waals surface area contributed by atoms with Crippen LogP contribution >= 0.6 is 0 Å². The smallest absolute Gasteiger partial charge is 0.333 e. The zero-order valence-electron chi connectivity index (χ0n) is 17.0. The maximum atomic E-state index is 12.0. The third-order valence-electron chi connectivity index (χ3n) is 3.51. The molecule has 0 saturated heterocycles. The van der Waals surface area contributed by atoms with Crippen LogP contribution in [0.5, 0.6) is 0 Å². The minimum absolute atomic E-state index is 0.00650. The summed E-state index contributed by atoms with van der Waals surface area (Å²) < 4.78 is 20.9. The predicted molar refractivity (Wildman–Crippen MR) is 105 cm³/mol. The summed E-state index contributed by atoms with van der Waals surface area (Å²) in [7, 11) is 0. The van der Waals surface area contributed by atoms with E-state index in [0.717, 1.165) is 25.7 Å². The van der Waals surface area contributed by atoms with Gasteiger partial charge < -0.3 is 18.9 Å². The van der Waals surface area contributed by atoms with Crippen molar-refractivity contribution in [1.29, 1.82) is 0 Å². The van der Waals surface area contributed by atoms with E-state index in [2.05, 4.69) is 19.7 Å². The van der Waals surface area contributed by atoms with Crippen molar-refractivity contribution in [3.63, 3.8) is 0 Å². The lowest BCUT2D eigenvalue weighted by atomic mass is 10.1. The van der Waals surface area contributed by atoms with Gasteiger partial charge in [0.05, 0.1) is 18.8 Å². The van der Waals surface area contributed by atoms with Gasteiger partial charge in [0.1, 0.15) is 12.7 Å². The van der Waals surface area contributed by atoms with Crippen LogP contribution in [0.1, 0.15) is 59.3 Å². The first-order chi connectivity index (χ1) is 12.7. The first-order valence-corrected chi connectivity index (χ1v) is 9.25. The molecule has 0 aromatic rings. The Labute approximate surface area is 163 Å². The molecule has 0 aromatic carbocycles. The van der Waals surface area contributed by atoms with Crippen LogP contribution in [-0.2, 0) is 28.5 Å². The molecule has 0 heterocycles. The topological polar surface area (TPSA) is 71.1 Å². The highest BCUT2D eigenvalue weighted by molar-refractivity contribution is 5.87. The Bertz CT molecular complexity index is 509. The Morgan fingerprint density at radius 1 is 0.926 bits per heavy atom. The summed E-state index contributed by atoms with van der Waals surface area (Å²) in [6.07, 6.45) is 4.33. The molecule has 0 rings (SSSR count). The Kier molecular flexibility index (Phi) is 13.9. The van der Waals surface area contributed by atoms with E-state index in [9.17, 15) is 9.59 Å². The molecule has 1 unspecified atom stereocenters. The molecule has 0 fully saturated rings. The molecule has 0 aliphatic heterocycles. The van der Waals surface area contributed by atoms with Gasteiger partial charge in [-0.15, -0.1) is 6.58 Å². The molecular weight excluding hydrogens is 348 g/mol. The molecule has 6 heteroatoms. The van der Waals surface area contributed by atoms with Crippen molar-refractivity contribution in [2.45, 2.75) is 65.4 Å². The van der Waals surface area contributed by atoms with E-state index in [1.807, 2.05) is 6.92 Å². The van der Waals surface area contributed by atoms with Crippen LogP contribution in [0.25, 0.3) is 0 Å². The highest BCUT2D eigenvalue weighted by atomic mass is 16.7. The second-order valence-electron chi connectivity index (χ2n) is 6.67. The van der Waals surface area contributed by atoms with E-state index in [-0.39, 0.29) is 32.5 Å². The first-order valence-electron chi connectivity index (χ1n) is 9.25. The minimum Gasteiger partial charge on any atom is -0.473 e. The van der Waals surface area contributed by atoms with Gasteiger partial charge in [-0.05, 0) is 46.5 Å². The molecule has 0 radical (unpaired) electrons. The average Bonchev–Trinajstić information content (AvgIpc) is 2.57. The van der Waals surface area contributed by atoms with Gasteiger partial charge >= 0.3 is 11.9 Å². The molecule has 154 valence electrons. The molecule has 0 aliphatic carbocycles. The molecule has 1 atom stereocenters. The molecule has 0 spiro atoms. The summed E-state index contributed by atoms with van der Waals surface area (Å²) in [5.41, 5.74) is 1.46. The standard InChI is InChI=1S/C21H34O6/c1-16(2)10-8-7-9-11-19(14-24-15-26-18(5)6)27-20(22)12-13-25-21(23)17(3)4/h19H,1,3,5,7-15H2,2,4,6H3. The molecule has 27 heavy (non-hydrogen) atoms. The van der Waals surface area contributed by atoms with Crippen molar-refractivity contribution in [3.8, 4) is 0 Å². The SMILES string of the molecule is C=C(C)CCCCCC(COCOC(=C)C)OC(=O)CCOC(=O)C(=C)C. The van der Waals surface area contributed by atoms with Gasteiger partial charge in [-0.3, -0.25) is 4.79 Å². The largest absolute Gasteiger partial charge is 0.473 e. The minimum atomic E-state index is -0.517. The number of ether oxygens (including phenoxy) is 4. The van der Waals surface area contributed by atoms with Crippen molar-refractivity contribution >= 4 is 11.9 Å². The molecule has 0 saturated carbocycles. The molecule has 0 bridgehead atoms. The first kappa shape index (κ1) is 24.9. The monoisotopic (exact) mass is 382 g/mol. The van der Waals surface area contributed by atoms with Gasteiger partial charge in [0.2, 0.25) is 0 Å². The molecular formula is C21H34O6. The van der Waals surface area contributed by atoms with E-state index in [4.69, 9.17) is 18.9 Å². The summed E-state index contributed by atoms with van der Waals surface area (Å²) in [4.78, 5) is 23.3. The number of carbonyl (C=O) groups excluding carboxylic acids is 2. The van der Waals surface area contributed by atoms with Gasteiger partial charge in [-0.1, -0.05) is 25.2 Å². The summed E-state index contributed by atoms with van der Waals surface area (Å²) in [6, 6.07) is 0. The fraction of sp³-hybridized carbons (Fsp3) is 0.619. The highest BCUT2D eigenvalue weighted by Crippen LogP contribution is 2.12. The van der Waals surface area contributed by atoms with E-state index >= 15 is 0 Å². The van der Waals surface area contributed by atoms with Gasteiger partial charge in [0, 0.05) is 5.57 Å². The fourth-order valence-electron chi connectivity index (χ4n) is 2.07. The van der Waals surface area contributed by atoms with E-state index in [1.165, 1.54) is 5.57 Å². The number of hydrogen-bond donors (Lipinski definition) is 0. The Morgan fingerprint density at radius 3 is 2.22 bits per heavy atom.